The number of piperidine rings is 1. The van der Waals surface area contributed by atoms with Crippen LogP contribution in [0.4, 0.5) is 10.6 Å². The Hall–Kier alpha value is -2.29. The van der Waals surface area contributed by atoms with Crippen molar-refractivity contribution in [2.24, 2.45) is 5.73 Å². The third-order valence-electron chi connectivity index (χ3n) is 3.56. The van der Waals surface area contributed by atoms with Crippen molar-refractivity contribution in [3.05, 3.63) is 23.4 Å². The zero-order valence-electron chi connectivity index (χ0n) is 11.7. The van der Waals surface area contributed by atoms with Crippen LogP contribution in [0, 0.1) is 18.3 Å². The first-order valence-corrected chi connectivity index (χ1v) is 6.54. The van der Waals surface area contributed by atoms with Gasteiger partial charge in [0.15, 0.2) is 0 Å². The van der Waals surface area contributed by atoms with Crippen molar-refractivity contribution in [1.29, 1.82) is 5.26 Å². The maximum Gasteiger partial charge on any atom is 0.405 e. The van der Waals surface area contributed by atoms with Gasteiger partial charge >= 0.3 is 6.09 Å². The van der Waals surface area contributed by atoms with Gasteiger partial charge in [-0.3, -0.25) is 0 Å². The lowest BCUT2D eigenvalue weighted by atomic mass is 9.93. The molecule has 0 atom stereocenters. The SMILES string of the molecule is Cc1cc(C#N)cc(N2CCC(C)(OC(N)=O)CC2)n1. The van der Waals surface area contributed by atoms with E-state index in [1.165, 1.54) is 0 Å². The minimum absolute atomic E-state index is 0.510. The van der Waals surface area contributed by atoms with E-state index in [4.69, 9.17) is 15.7 Å². The summed E-state index contributed by atoms with van der Waals surface area (Å²) < 4.78 is 5.17. The number of rotatable bonds is 2. The van der Waals surface area contributed by atoms with Crippen molar-refractivity contribution in [1.82, 2.24) is 4.98 Å². The van der Waals surface area contributed by atoms with E-state index in [9.17, 15) is 4.79 Å². The number of amides is 1. The number of aromatic nitrogens is 1. The molecule has 0 spiro atoms. The highest BCUT2D eigenvalue weighted by molar-refractivity contribution is 5.65. The van der Waals surface area contributed by atoms with Gasteiger partial charge in [0.05, 0.1) is 11.6 Å². The van der Waals surface area contributed by atoms with Gasteiger partial charge in [-0.15, -0.1) is 0 Å². The molecule has 1 fully saturated rings. The zero-order chi connectivity index (χ0) is 14.8. The Balaban J connectivity index is 2.09. The fraction of sp³-hybridized carbons (Fsp3) is 0.500. The number of primary amides is 1. The van der Waals surface area contributed by atoms with Crippen LogP contribution in [-0.2, 0) is 4.74 Å². The molecule has 0 saturated carbocycles. The van der Waals surface area contributed by atoms with Gasteiger partial charge in [-0.1, -0.05) is 0 Å². The lowest BCUT2D eigenvalue weighted by molar-refractivity contribution is 0.0126. The number of nitrogens with zero attached hydrogens (tertiary/aromatic N) is 3. The minimum Gasteiger partial charge on any atom is -0.443 e. The molecule has 1 saturated heterocycles. The Morgan fingerprint density at radius 3 is 2.70 bits per heavy atom. The number of ether oxygens (including phenoxy) is 1. The third kappa shape index (κ3) is 3.18. The van der Waals surface area contributed by atoms with E-state index in [2.05, 4.69) is 16.0 Å². The van der Waals surface area contributed by atoms with Crippen LogP contribution in [-0.4, -0.2) is 29.8 Å². The quantitative estimate of drug-likeness (QED) is 0.886. The molecule has 0 aromatic carbocycles. The van der Waals surface area contributed by atoms with E-state index in [1.807, 2.05) is 13.8 Å². The molecule has 1 aliphatic rings. The van der Waals surface area contributed by atoms with Crippen molar-refractivity contribution in [2.45, 2.75) is 32.3 Å². The second kappa shape index (κ2) is 5.37. The van der Waals surface area contributed by atoms with Crippen molar-refractivity contribution >= 4 is 11.9 Å². The highest BCUT2D eigenvalue weighted by Gasteiger charge is 2.33. The Bertz CT molecular complexity index is 557. The van der Waals surface area contributed by atoms with Gasteiger partial charge in [-0.2, -0.15) is 5.26 Å². The predicted octanol–water partition coefficient (Wildman–Crippen LogP) is 1.72. The van der Waals surface area contributed by atoms with Crippen molar-refractivity contribution in [2.75, 3.05) is 18.0 Å². The monoisotopic (exact) mass is 274 g/mol. The fourth-order valence-electron chi connectivity index (χ4n) is 2.43. The Morgan fingerprint density at radius 2 is 2.15 bits per heavy atom. The van der Waals surface area contributed by atoms with Gasteiger partial charge < -0.3 is 15.4 Å². The molecule has 1 amide bonds. The topological polar surface area (TPSA) is 92.2 Å². The first-order chi connectivity index (χ1) is 9.42. The standard InChI is InChI=1S/C14H18N4O2/c1-10-7-11(9-15)8-12(17-10)18-5-3-14(2,4-6-18)20-13(16)19/h7-8H,3-6H2,1-2H3,(H2,16,19). The molecule has 1 aromatic rings. The van der Waals surface area contributed by atoms with Crippen LogP contribution in [0.5, 0.6) is 0 Å². The van der Waals surface area contributed by atoms with Crippen LogP contribution in [0.15, 0.2) is 12.1 Å². The molecule has 2 N–H and O–H groups in total. The molecule has 0 radical (unpaired) electrons. The molecule has 2 rings (SSSR count). The van der Waals surface area contributed by atoms with Gasteiger partial charge in [0, 0.05) is 31.6 Å². The molecule has 0 aliphatic carbocycles. The zero-order valence-corrected chi connectivity index (χ0v) is 11.7. The van der Waals surface area contributed by atoms with Crippen LogP contribution in [0.2, 0.25) is 0 Å². The number of carbonyl (C=O) groups excluding carboxylic acids is 1. The second-order valence-corrected chi connectivity index (χ2v) is 5.33. The molecule has 2 heterocycles. The smallest absolute Gasteiger partial charge is 0.405 e. The van der Waals surface area contributed by atoms with E-state index in [1.54, 1.807) is 12.1 Å². The molecule has 20 heavy (non-hydrogen) atoms. The first-order valence-electron chi connectivity index (χ1n) is 6.54. The van der Waals surface area contributed by atoms with E-state index < -0.39 is 11.7 Å². The fourth-order valence-corrected chi connectivity index (χ4v) is 2.43. The molecule has 6 nitrogen and oxygen atoms in total. The lowest BCUT2D eigenvalue weighted by Crippen LogP contribution is -2.46. The number of hydrogen-bond acceptors (Lipinski definition) is 5. The van der Waals surface area contributed by atoms with Crippen LogP contribution < -0.4 is 10.6 Å². The summed E-state index contributed by atoms with van der Waals surface area (Å²) in [7, 11) is 0. The predicted molar refractivity (Wildman–Crippen MR) is 74.2 cm³/mol. The Kier molecular flexibility index (Phi) is 3.79. The third-order valence-corrected chi connectivity index (χ3v) is 3.56. The van der Waals surface area contributed by atoms with Crippen molar-refractivity contribution in [3.8, 4) is 6.07 Å². The number of aryl methyl sites for hydroxylation is 1. The summed E-state index contributed by atoms with van der Waals surface area (Å²) in [6.45, 7) is 5.18. The molecule has 0 unspecified atom stereocenters. The second-order valence-electron chi connectivity index (χ2n) is 5.33. The molecule has 106 valence electrons. The average Bonchev–Trinajstić information content (AvgIpc) is 2.37. The summed E-state index contributed by atoms with van der Waals surface area (Å²) in [6, 6.07) is 5.68. The Morgan fingerprint density at radius 1 is 1.50 bits per heavy atom. The van der Waals surface area contributed by atoms with Crippen molar-refractivity contribution in [3.63, 3.8) is 0 Å². The summed E-state index contributed by atoms with van der Waals surface area (Å²) in [4.78, 5) is 17.4. The van der Waals surface area contributed by atoms with E-state index in [0.717, 1.165) is 11.5 Å². The molecule has 1 aromatic heterocycles. The summed E-state index contributed by atoms with van der Waals surface area (Å²) in [5.41, 5.74) is 6.01. The summed E-state index contributed by atoms with van der Waals surface area (Å²) in [5, 5.41) is 9.00. The summed E-state index contributed by atoms with van der Waals surface area (Å²) in [6.07, 6.45) is 0.641. The van der Waals surface area contributed by atoms with E-state index in [-0.39, 0.29) is 0 Å². The minimum atomic E-state index is -0.735. The number of nitrogens with two attached hydrogens (primary N) is 1. The molecule has 0 bridgehead atoms. The number of nitriles is 1. The van der Waals surface area contributed by atoms with Crippen LogP contribution >= 0.6 is 0 Å². The van der Waals surface area contributed by atoms with Gasteiger partial charge in [0.2, 0.25) is 0 Å². The van der Waals surface area contributed by atoms with Crippen LogP contribution in [0.1, 0.15) is 31.0 Å². The number of pyridine rings is 1. The molecular formula is C14H18N4O2. The molecule has 6 heteroatoms. The van der Waals surface area contributed by atoms with Gasteiger partial charge in [-0.25, -0.2) is 9.78 Å². The number of anilines is 1. The van der Waals surface area contributed by atoms with Crippen molar-refractivity contribution < 1.29 is 9.53 Å². The van der Waals surface area contributed by atoms with E-state index >= 15 is 0 Å². The summed E-state index contributed by atoms with van der Waals surface area (Å²) in [5.74, 6) is 0.794. The van der Waals surface area contributed by atoms with Gasteiger partial charge in [-0.05, 0) is 26.0 Å². The van der Waals surface area contributed by atoms with Gasteiger partial charge in [0.25, 0.3) is 0 Å². The van der Waals surface area contributed by atoms with Gasteiger partial charge in [0.1, 0.15) is 11.4 Å². The summed E-state index contributed by atoms with van der Waals surface area (Å²) >= 11 is 0. The molecular weight excluding hydrogens is 256 g/mol. The highest BCUT2D eigenvalue weighted by atomic mass is 16.6. The average molecular weight is 274 g/mol. The number of hydrogen-bond donors (Lipinski definition) is 1. The van der Waals surface area contributed by atoms with E-state index in [0.29, 0.717) is 31.5 Å². The Labute approximate surface area is 118 Å². The first kappa shape index (κ1) is 14.1. The lowest BCUT2D eigenvalue weighted by Gasteiger charge is -2.39. The van der Waals surface area contributed by atoms with Crippen LogP contribution in [0.3, 0.4) is 0 Å². The van der Waals surface area contributed by atoms with Crippen LogP contribution in [0.25, 0.3) is 0 Å². The largest absolute Gasteiger partial charge is 0.443 e. The molecule has 1 aliphatic heterocycles. The number of carbonyl (C=O) groups is 1. The highest BCUT2D eigenvalue weighted by Crippen LogP contribution is 2.28. The maximum atomic E-state index is 10.9. The normalized spacial score (nSPS) is 17.4. The maximum absolute atomic E-state index is 10.9.